The van der Waals surface area contributed by atoms with Gasteiger partial charge in [-0.25, -0.2) is 0 Å². The highest BCUT2D eigenvalue weighted by atomic mass is 35.5. The summed E-state index contributed by atoms with van der Waals surface area (Å²) in [6.45, 7) is 1.78. The van der Waals surface area contributed by atoms with Crippen LogP contribution in [0.5, 0.6) is 0 Å². The largest absolute Gasteiger partial charge is 0.379 e. The molecular weight excluding hydrogens is 380 g/mol. The van der Waals surface area contributed by atoms with Gasteiger partial charge in [-0.05, 0) is 24.6 Å². The molecule has 142 valence electrons. The van der Waals surface area contributed by atoms with Crippen LogP contribution < -0.4 is 5.32 Å². The van der Waals surface area contributed by atoms with E-state index in [2.05, 4.69) is 20.6 Å². The monoisotopic (exact) mass is 396 g/mol. The number of benzene rings is 2. The molecular formula is C20H17ClN4O3. The van der Waals surface area contributed by atoms with Gasteiger partial charge in [-0.2, -0.15) is 4.98 Å². The molecule has 2 aromatic carbocycles. The second-order valence-electron chi connectivity index (χ2n) is 6.58. The van der Waals surface area contributed by atoms with Gasteiger partial charge in [0.25, 0.3) is 5.91 Å². The second kappa shape index (κ2) is 7.44. The van der Waals surface area contributed by atoms with Crippen molar-refractivity contribution in [3.05, 3.63) is 71.1 Å². The Morgan fingerprint density at radius 2 is 1.93 bits per heavy atom. The van der Waals surface area contributed by atoms with Gasteiger partial charge in [0, 0.05) is 12.0 Å². The lowest BCUT2D eigenvalue weighted by Crippen LogP contribution is -2.44. The fraction of sp³-hybridized carbons (Fsp3) is 0.200. The van der Waals surface area contributed by atoms with Crippen molar-refractivity contribution in [2.24, 2.45) is 5.16 Å². The van der Waals surface area contributed by atoms with Crippen molar-refractivity contribution in [1.82, 2.24) is 15.5 Å². The van der Waals surface area contributed by atoms with Gasteiger partial charge in [0.2, 0.25) is 17.3 Å². The highest BCUT2D eigenvalue weighted by Crippen LogP contribution is 2.27. The number of amides is 1. The van der Waals surface area contributed by atoms with Crippen LogP contribution in [-0.4, -0.2) is 27.4 Å². The minimum absolute atomic E-state index is 0.0793. The molecule has 0 aliphatic carbocycles. The van der Waals surface area contributed by atoms with Gasteiger partial charge in [-0.3, -0.25) is 4.79 Å². The van der Waals surface area contributed by atoms with Gasteiger partial charge in [-0.15, -0.1) is 0 Å². The van der Waals surface area contributed by atoms with Crippen molar-refractivity contribution in [2.45, 2.75) is 25.5 Å². The van der Waals surface area contributed by atoms with Crippen molar-refractivity contribution in [2.75, 3.05) is 0 Å². The molecule has 1 N–H and O–H groups in total. The van der Waals surface area contributed by atoms with E-state index in [4.69, 9.17) is 21.0 Å². The predicted molar refractivity (Wildman–Crippen MR) is 104 cm³/mol. The predicted octanol–water partition coefficient (Wildman–Crippen LogP) is 3.59. The normalized spacial score (nSPS) is 18.4. The third-order valence-electron chi connectivity index (χ3n) is 4.43. The van der Waals surface area contributed by atoms with E-state index in [1.165, 1.54) is 0 Å². The smallest absolute Gasteiger partial charge is 0.267 e. The number of aromatic nitrogens is 2. The Hall–Kier alpha value is -3.19. The van der Waals surface area contributed by atoms with Crippen molar-refractivity contribution in [3.8, 4) is 11.4 Å². The molecule has 3 aromatic rings. The van der Waals surface area contributed by atoms with E-state index in [1.807, 2.05) is 42.5 Å². The first-order chi connectivity index (χ1) is 13.5. The van der Waals surface area contributed by atoms with Crippen molar-refractivity contribution in [1.29, 1.82) is 0 Å². The number of carbonyl (C=O) groups is 1. The lowest BCUT2D eigenvalue weighted by atomic mass is 9.95. The van der Waals surface area contributed by atoms with E-state index in [0.717, 1.165) is 11.3 Å². The molecule has 4 rings (SSSR count). The van der Waals surface area contributed by atoms with Crippen LogP contribution in [0.4, 0.5) is 0 Å². The minimum Gasteiger partial charge on any atom is -0.379 e. The van der Waals surface area contributed by atoms with Gasteiger partial charge in [0.05, 0.1) is 17.3 Å². The number of carbonyl (C=O) groups excluding carboxylic acids is 1. The molecule has 2 heterocycles. The van der Waals surface area contributed by atoms with E-state index < -0.39 is 5.60 Å². The summed E-state index contributed by atoms with van der Waals surface area (Å²) in [5.74, 6) is 0.335. The van der Waals surface area contributed by atoms with E-state index in [0.29, 0.717) is 22.8 Å². The van der Waals surface area contributed by atoms with Crippen LogP contribution in [0, 0.1) is 0 Å². The van der Waals surface area contributed by atoms with Crippen LogP contribution in [0.15, 0.2) is 64.3 Å². The van der Waals surface area contributed by atoms with Crippen LogP contribution in [0.1, 0.15) is 24.8 Å². The summed E-state index contributed by atoms with van der Waals surface area (Å²) in [5.41, 5.74) is 1.24. The topological polar surface area (TPSA) is 89.6 Å². The van der Waals surface area contributed by atoms with Crippen molar-refractivity contribution >= 4 is 23.2 Å². The quantitative estimate of drug-likeness (QED) is 0.711. The first kappa shape index (κ1) is 18.2. The number of nitrogens with zero attached hydrogens (tertiary/aromatic N) is 3. The molecule has 7 nitrogen and oxygen atoms in total. The zero-order chi connectivity index (χ0) is 19.6. The summed E-state index contributed by atoms with van der Waals surface area (Å²) in [6, 6.07) is 16.8. The Bertz CT molecular complexity index is 1030. The van der Waals surface area contributed by atoms with Crippen LogP contribution in [0.3, 0.4) is 0 Å². The number of nitrogens with one attached hydrogen (secondary N) is 1. The Morgan fingerprint density at radius 1 is 1.18 bits per heavy atom. The highest BCUT2D eigenvalue weighted by Gasteiger charge is 2.42. The zero-order valence-corrected chi connectivity index (χ0v) is 15.8. The molecule has 1 aliphatic rings. The molecule has 0 saturated heterocycles. The molecule has 0 fully saturated rings. The zero-order valence-electron chi connectivity index (χ0n) is 15.1. The lowest BCUT2D eigenvalue weighted by molar-refractivity contribution is -0.142. The minimum atomic E-state index is -1.09. The van der Waals surface area contributed by atoms with Gasteiger partial charge >= 0.3 is 0 Å². The first-order valence-corrected chi connectivity index (χ1v) is 9.09. The maximum Gasteiger partial charge on any atom is 0.267 e. The number of oxime groups is 1. The summed E-state index contributed by atoms with van der Waals surface area (Å²) in [7, 11) is 0. The van der Waals surface area contributed by atoms with Gasteiger partial charge in [0.15, 0.2) is 0 Å². The summed E-state index contributed by atoms with van der Waals surface area (Å²) in [4.78, 5) is 22.3. The SMILES string of the molecule is C[C@]1(C(=O)NCc2nc(-c3ccccc3Cl)no2)CC(c2ccccc2)=NO1. The fourth-order valence-corrected chi connectivity index (χ4v) is 3.09. The van der Waals surface area contributed by atoms with Crippen LogP contribution in [0.25, 0.3) is 11.4 Å². The molecule has 1 amide bonds. The number of halogens is 1. The molecule has 0 spiro atoms. The molecule has 1 aliphatic heterocycles. The summed E-state index contributed by atoms with van der Waals surface area (Å²) in [6.07, 6.45) is 0.373. The van der Waals surface area contributed by atoms with Crippen LogP contribution >= 0.6 is 11.6 Å². The Balaban J connectivity index is 1.38. The highest BCUT2D eigenvalue weighted by molar-refractivity contribution is 6.33. The molecule has 0 radical (unpaired) electrons. The van der Waals surface area contributed by atoms with Gasteiger partial charge < -0.3 is 14.7 Å². The van der Waals surface area contributed by atoms with E-state index in [9.17, 15) is 4.79 Å². The number of hydrogen-bond donors (Lipinski definition) is 1. The number of hydrogen-bond acceptors (Lipinski definition) is 6. The molecule has 8 heteroatoms. The molecule has 1 atom stereocenters. The third-order valence-corrected chi connectivity index (χ3v) is 4.76. The van der Waals surface area contributed by atoms with E-state index >= 15 is 0 Å². The maximum atomic E-state index is 12.6. The van der Waals surface area contributed by atoms with Crippen molar-refractivity contribution < 1.29 is 14.2 Å². The van der Waals surface area contributed by atoms with Crippen LogP contribution in [-0.2, 0) is 16.2 Å². The summed E-state index contributed by atoms with van der Waals surface area (Å²) in [5, 5.41) is 11.3. The molecule has 28 heavy (non-hydrogen) atoms. The maximum absolute atomic E-state index is 12.6. The van der Waals surface area contributed by atoms with Gasteiger partial charge in [0.1, 0.15) is 0 Å². The summed E-state index contributed by atoms with van der Waals surface area (Å²) < 4.78 is 5.21. The van der Waals surface area contributed by atoms with E-state index in [1.54, 1.807) is 19.1 Å². The Morgan fingerprint density at radius 3 is 2.71 bits per heavy atom. The molecule has 0 bridgehead atoms. The lowest BCUT2D eigenvalue weighted by Gasteiger charge is -2.19. The van der Waals surface area contributed by atoms with Gasteiger partial charge in [-0.1, -0.05) is 64.4 Å². The molecule has 0 unspecified atom stereocenters. The van der Waals surface area contributed by atoms with Crippen LogP contribution in [0.2, 0.25) is 5.02 Å². The fourth-order valence-electron chi connectivity index (χ4n) is 2.87. The molecule has 0 saturated carbocycles. The van der Waals surface area contributed by atoms with E-state index in [-0.39, 0.29) is 18.3 Å². The average molecular weight is 397 g/mol. The number of rotatable bonds is 5. The van der Waals surface area contributed by atoms with Crippen molar-refractivity contribution in [3.63, 3.8) is 0 Å². The third kappa shape index (κ3) is 3.61. The molecule has 1 aromatic heterocycles. The summed E-state index contributed by atoms with van der Waals surface area (Å²) >= 11 is 6.14. The second-order valence-corrected chi connectivity index (χ2v) is 6.98. The Kier molecular flexibility index (Phi) is 4.83. The Labute approximate surface area is 166 Å². The first-order valence-electron chi connectivity index (χ1n) is 8.71. The average Bonchev–Trinajstić information content (AvgIpc) is 3.35. The standard InChI is InChI=1S/C20H17ClN4O3/c1-20(11-16(24-28-20)13-7-3-2-4-8-13)19(26)22-12-17-23-18(25-27-17)14-9-5-6-10-15(14)21/h2-10H,11-12H2,1H3,(H,22,26)/t20-/m1/s1.